The Bertz CT molecular complexity index is 1510. The molecule has 7 nitrogen and oxygen atoms in total. The van der Waals surface area contributed by atoms with Crippen LogP contribution in [0.1, 0.15) is 11.3 Å². The summed E-state index contributed by atoms with van der Waals surface area (Å²) in [5.41, 5.74) is 4.00. The van der Waals surface area contributed by atoms with Gasteiger partial charge in [-0.25, -0.2) is 4.98 Å². The van der Waals surface area contributed by atoms with Gasteiger partial charge in [-0.2, -0.15) is 9.61 Å². The van der Waals surface area contributed by atoms with E-state index in [1.807, 2.05) is 54.6 Å². The van der Waals surface area contributed by atoms with Crippen molar-refractivity contribution < 1.29 is 9.21 Å². The summed E-state index contributed by atoms with van der Waals surface area (Å²) >= 11 is 9.93. The van der Waals surface area contributed by atoms with Crippen LogP contribution in [0.15, 0.2) is 94.2 Å². The van der Waals surface area contributed by atoms with E-state index in [2.05, 4.69) is 31.7 Å². The van der Waals surface area contributed by atoms with Crippen molar-refractivity contribution in [2.24, 2.45) is 0 Å². The number of furan rings is 1. The maximum absolute atomic E-state index is 12.1. The summed E-state index contributed by atoms with van der Waals surface area (Å²) < 4.78 is 7.71. The van der Waals surface area contributed by atoms with E-state index in [1.54, 1.807) is 35.2 Å². The Hall–Kier alpha value is -3.88. The molecule has 0 fully saturated rings. The lowest BCUT2D eigenvalue weighted by atomic mass is 10.1. The van der Waals surface area contributed by atoms with Crippen molar-refractivity contribution >= 4 is 56.7 Å². The maximum Gasteiger partial charge on any atom is 0.248 e. The molecule has 35 heavy (non-hydrogen) atoms. The molecule has 5 rings (SSSR count). The molecule has 1 amide bonds. The van der Waals surface area contributed by atoms with Gasteiger partial charge >= 0.3 is 0 Å². The average molecular weight is 549 g/mol. The second kappa shape index (κ2) is 10.2. The van der Waals surface area contributed by atoms with Crippen LogP contribution in [0, 0.1) is 0 Å². The van der Waals surface area contributed by atoms with Gasteiger partial charge in [0.1, 0.15) is 11.6 Å². The number of nitrogens with zero attached hydrogens (tertiary/aromatic N) is 3. The number of hydrogen-bond donors (Lipinski definition) is 2. The lowest BCUT2D eigenvalue weighted by molar-refractivity contribution is -0.111. The van der Waals surface area contributed by atoms with Gasteiger partial charge in [0.05, 0.1) is 22.6 Å². The van der Waals surface area contributed by atoms with Crippen molar-refractivity contribution in [1.29, 1.82) is 0 Å². The van der Waals surface area contributed by atoms with Gasteiger partial charge in [-0.1, -0.05) is 41.9 Å². The second-order valence-electron chi connectivity index (χ2n) is 7.62. The molecule has 3 heterocycles. The molecule has 0 radical (unpaired) electrons. The number of halogens is 2. The van der Waals surface area contributed by atoms with Gasteiger partial charge in [0, 0.05) is 35.0 Å². The normalized spacial score (nSPS) is 11.3. The molecule has 0 unspecified atom stereocenters. The van der Waals surface area contributed by atoms with E-state index in [0.29, 0.717) is 28.7 Å². The Labute approximate surface area is 214 Å². The zero-order chi connectivity index (χ0) is 24.2. The number of fused-ring (bicyclic) bond motifs is 1. The molecule has 3 aromatic heterocycles. The van der Waals surface area contributed by atoms with Gasteiger partial charge in [0.2, 0.25) is 5.91 Å². The van der Waals surface area contributed by atoms with Gasteiger partial charge in [0.25, 0.3) is 0 Å². The van der Waals surface area contributed by atoms with E-state index in [1.165, 1.54) is 6.08 Å². The summed E-state index contributed by atoms with van der Waals surface area (Å²) in [6.45, 7) is 0.547. The number of carbonyl (C=O) groups excluding carboxylic acids is 1. The highest BCUT2D eigenvalue weighted by atomic mass is 79.9. The Morgan fingerprint density at radius 1 is 1.11 bits per heavy atom. The minimum Gasteiger partial charge on any atom is -0.465 e. The first-order valence-corrected chi connectivity index (χ1v) is 11.9. The minimum absolute atomic E-state index is 0.234. The number of rotatable bonds is 7. The van der Waals surface area contributed by atoms with Crippen LogP contribution in [0.3, 0.4) is 0 Å². The summed E-state index contributed by atoms with van der Waals surface area (Å²) in [5.74, 6) is 1.16. The molecular formula is C26H19BrClN5O2. The molecule has 2 aromatic carbocycles. The predicted octanol–water partition coefficient (Wildman–Crippen LogP) is 6.67. The molecule has 0 atom stereocenters. The van der Waals surface area contributed by atoms with Crippen LogP contribution < -0.4 is 10.6 Å². The third-order valence-electron chi connectivity index (χ3n) is 5.22. The van der Waals surface area contributed by atoms with E-state index < -0.39 is 0 Å². The molecule has 0 saturated carbocycles. The first kappa shape index (κ1) is 22.9. The van der Waals surface area contributed by atoms with Crippen molar-refractivity contribution in [1.82, 2.24) is 14.6 Å². The van der Waals surface area contributed by atoms with Gasteiger partial charge in [-0.05, 0) is 57.9 Å². The number of carbonyl (C=O) groups is 1. The van der Waals surface area contributed by atoms with Crippen molar-refractivity contribution in [3.05, 3.63) is 106 Å². The highest BCUT2D eigenvalue weighted by Crippen LogP contribution is 2.30. The van der Waals surface area contributed by atoms with Crippen LogP contribution in [0.5, 0.6) is 0 Å². The Morgan fingerprint density at radius 3 is 2.71 bits per heavy atom. The molecule has 0 aliphatic carbocycles. The van der Waals surface area contributed by atoms with E-state index in [-0.39, 0.29) is 5.91 Å². The van der Waals surface area contributed by atoms with Crippen molar-refractivity contribution in [2.75, 3.05) is 10.6 Å². The molecule has 0 saturated heterocycles. The fraction of sp³-hybridized carbons (Fsp3) is 0.0385. The van der Waals surface area contributed by atoms with E-state index in [4.69, 9.17) is 21.0 Å². The molecule has 0 spiro atoms. The Kier molecular flexibility index (Phi) is 6.65. The summed E-state index contributed by atoms with van der Waals surface area (Å²) in [7, 11) is 0. The smallest absolute Gasteiger partial charge is 0.248 e. The molecule has 2 N–H and O–H groups in total. The lowest BCUT2D eigenvalue weighted by Gasteiger charge is -2.12. The zero-order valence-corrected chi connectivity index (χ0v) is 20.6. The predicted molar refractivity (Wildman–Crippen MR) is 141 cm³/mol. The van der Waals surface area contributed by atoms with Crippen LogP contribution in [0.25, 0.3) is 23.0 Å². The quantitative estimate of drug-likeness (QED) is 0.222. The molecule has 5 aromatic rings. The molecule has 0 bridgehead atoms. The second-order valence-corrected chi connectivity index (χ2v) is 8.88. The number of anilines is 2. The van der Waals surface area contributed by atoms with E-state index >= 15 is 0 Å². The topological polar surface area (TPSA) is 84.5 Å². The average Bonchev–Trinajstić information content (AvgIpc) is 3.52. The summed E-state index contributed by atoms with van der Waals surface area (Å²) in [6.07, 6.45) is 6.32. The molecular weight excluding hydrogens is 530 g/mol. The van der Waals surface area contributed by atoms with Gasteiger partial charge in [-0.15, -0.1) is 0 Å². The monoisotopic (exact) mass is 547 g/mol. The van der Waals surface area contributed by atoms with Crippen LogP contribution in [0.2, 0.25) is 5.02 Å². The molecule has 0 aliphatic heterocycles. The standard InChI is InChI=1S/C26H19BrClN5O2/c27-21-16-30-33-24(14-23(32-26(21)33)20-5-1-2-6-22(20)28)29-15-17-7-9-18(10-8-17)31-25(34)12-11-19-4-3-13-35-19/h1-14,16,29H,15H2,(H,31,34)/b12-11+. The fourth-order valence-corrected chi connectivity index (χ4v) is 4.08. The first-order chi connectivity index (χ1) is 17.1. The van der Waals surface area contributed by atoms with Crippen LogP contribution in [0.4, 0.5) is 11.5 Å². The number of amides is 1. The van der Waals surface area contributed by atoms with Gasteiger partial charge < -0.3 is 15.1 Å². The van der Waals surface area contributed by atoms with Crippen LogP contribution in [-0.2, 0) is 11.3 Å². The molecule has 174 valence electrons. The van der Waals surface area contributed by atoms with Gasteiger partial charge in [0.15, 0.2) is 5.65 Å². The number of benzene rings is 2. The molecule has 0 aliphatic rings. The van der Waals surface area contributed by atoms with Crippen molar-refractivity contribution in [2.45, 2.75) is 6.54 Å². The number of nitrogens with one attached hydrogen (secondary N) is 2. The highest BCUT2D eigenvalue weighted by Gasteiger charge is 2.13. The SMILES string of the molecule is O=C(/C=C/c1ccco1)Nc1ccc(CNc2cc(-c3ccccc3Cl)nc3c(Br)cnn23)cc1. The zero-order valence-electron chi connectivity index (χ0n) is 18.3. The van der Waals surface area contributed by atoms with Crippen molar-refractivity contribution in [3.8, 4) is 11.3 Å². The van der Waals surface area contributed by atoms with Crippen LogP contribution in [-0.4, -0.2) is 20.5 Å². The van der Waals surface area contributed by atoms with Gasteiger partial charge in [-0.3, -0.25) is 4.79 Å². The Balaban J connectivity index is 1.30. The summed E-state index contributed by atoms with van der Waals surface area (Å²) in [5, 5.41) is 11.3. The van der Waals surface area contributed by atoms with E-state index in [0.717, 1.165) is 27.1 Å². The molecule has 9 heteroatoms. The van der Waals surface area contributed by atoms with Crippen LogP contribution >= 0.6 is 27.5 Å². The maximum atomic E-state index is 12.1. The highest BCUT2D eigenvalue weighted by molar-refractivity contribution is 9.10. The Morgan fingerprint density at radius 2 is 1.94 bits per heavy atom. The largest absolute Gasteiger partial charge is 0.465 e. The fourth-order valence-electron chi connectivity index (χ4n) is 3.50. The lowest BCUT2D eigenvalue weighted by Crippen LogP contribution is -2.08. The third-order valence-corrected chi connectivity index (χ3v) is 6.10. The van der Waals surface area contributed by atoms with Crippen molar-refractivity contribution in [3.63, 3.8) is 0 Å². The summed E-state index contributed by atoms with van der Waals surface area (Å²) in [6, 6.07) is 20.7. The number of hydrogen-bond acceptors (Lipinski definition) is 5. The van der Waals surface area contributed by atoms with E-state index in [9.17, 15) is 4.79 Å². The number of aromatic nitrogens is 3. The summed E-state index contributed by atoms with van der Waals surface area (Å²) in [4.78, 5) is 16.9. The minimum atomic E-state index is -0.234. The third kappa shape index (κ3) is 5.29. The first-order valence-electron chi connectivity index (χ1n) is 10.7.